The Morgan fingerprint density at radius 3 is 2.83 bits per heavy atom. The van der Waals surface area contributed by atoms with Crippen LogP contribution in [0.15, 0.2) is 17.5 Å². The van der Waals surface area contributed by atoms with Crippen molar-refractivity contribution < 1.29 is 15.0 Å². The van der Waals surface area contributed by atoms with Gasteiger partial charge in [0.05, 0.1) is 0 Å². The maximum atomic E-state index is 10.5. The van der Waals surface area contributed by atoms with Crippen LogP contribution in [0.25, 0.3) is 0 Å². The van der Waals surface area contributed by atoms with Crippen LogP contribution in [0.1, 0.15) is 11.8 Å². The van der Waals surface area contributed by atoms with Gasteiger partial charge in [0.2, 0.25) is 0 Å². The standard InChI is InChI=1S/C8H10O3S/c1-8(11,7(9)10)5-6-3-2-4-12-6/h2-4,11H,5H2,1H3,(H,9,10). The molecule has 0 aliphatic carbocycles. The Kier molecular flexibility index (Phi) is 2.49. The second-order valence-electron chi connectivity index (χ2n) is 2.84. The lowest BCUT2D eigenvalue weighted by Gasteiger charge is -2.15. The van der Waals surface area contributed by atoms with E-state index in [4.69, 9.17) is 5.11 Å². The van der Waals surface area contributed by atoms with Crippen LogP contribution in [-0.2, 0) is 11.2 Å². The van der Waals surface area contributed by atoms with Crippen molar-refractivity contribution in [3.8, 4) is 0 Å². The van der Waals surface area contributed by atoms with E-state index in [-0.39, 0.29) is 6.42 Å². The molecule has 2 N–H and O–H groups in total. The molecule has 1 aromatic rings. The first-order valence-corrected chi connectivity index (χ1v) is 4.38. The van der Waals surface area contributed by atoms with Crippen molar-refractivity contribution in [2.24, 2.45) is 0 Å². The molecule has 0 aliphatic rings. The first-order valence-electron chi connectivity index (χ1n) is 3.50. The van der Waals surface area contributed by atoms with Crippen molar-refractivity contribution in [2.45, 2.75) is 18.9 Å². The Morgan fingerprint density at radius 1 is 1.75 bits per heavy atom. The Bertz CT molecular complexity index is 264. The third-order valence-corrected chi connectivity index (χ3v) is 2.44. The van der Waals surface area contributed by atoms with E-state index in [1.165, 1.54) is 18.3 Å². The van der Waals surface area contributed by atoms with E-state index in [2.05, 4.69) is 0 Å². The smallest absolute Gasteiger partial charge is 0.335 e. The molecule has 0 aromatic carbocycles. The highest BCUT2D eigenvalue weighted by Crippen LogP contribution is 2.17. The van der Waals surface area contributed by atoms with Gasteiger partial charge in [-0.25, -0.2) is 4.79 Å². The summed E-state index contributed by atoms with van der Waals surface area (Å²) < 4.78 is 0. The molecule has 0 saturated carbocycles. The Balaban J connectivity index is 2.69. The van der Waals surface area contributed by atoms with Gasteiger partial charge in [-0.05, 0) is 18.4 Å². The number of carboxylic acids is 1. The van der Waals surface area contributed by atoms with Gasteiger partial charge in [-0.3, -0.25) is 0 Å². The highest BCUT2D eigenvalue weighted by atomic mass is 32.1. The van der Waals surface area contributed by atoms with Crippen LogP contribution >= 0.6 is 11.3 Å². The zero-order valence-corrected chi connectivity index (χ0v) is 7.47. The molecule has 1 unspecified atom stereocenters. The summed E-state index contributed by atoms with van der Waals surface area (Å²) in [5.41, 5.74) is -1.65. The minimum atomic E-state index is -1.65. The molecule has 4 heteroatoms. The molecule has 3 nitrogen and oxygen atoms in total. The number of carboxylic acid groups (broad SMARTS) is 1. The van der Waals surface area contributed by atoms with Gasteiger partial charge in [0.1, 0.15) is 0 Å². The maximum Gasteiger partial charge on any atom is 0.335 e. The largest absolute Gasteiger partial charge is 0.479 e. The zero-order chi connectivity index (χ0) is 9.19. The first kappa shape index (κ1) is 9.22. The van der Waals surface area contributed by atoms with Gasteiger partial charge in [0.25, 0.3) is 0 Å². The van der Waals surface area contributed by atoms with Gasteiger partial charge >= 0.3 is 5.97 Å². The lowest BCUT2D eigenvalue weighted by molar-refractivity contribution is -0.156. The highest BCUT2D eigenvalue weighted by Gasteiger charge is 2.30. The predicted octanol–water partition coefficient (Wildman–Crippen LogP) is 1.13. The zero-order valence-electron chi connectivity index (χ0n) is 6.65. The maximum absolute atomic E-state index is 10.5. The van der Waals surface area contributed by atoms with Gasteiger partial charge in [-0.1, -0.05) is 6.07 Å². The minimum Gasteiger partial charge on any atom is -0.479 e. The van der Waals surface area contributed by atoms with Crippen LogP contribution in [0.2, 0.25) is 0 Å². The van der Waals surface area contributed by atoms with Crippen LogP contribution < -0.4 is 0 Å². The van der Waals surface area contributed by atoms with E-state index in [0.29, 0.717) is 0 Å². The molecule has 12 heavy (non-hydrogen) atoms. The normalized spacial score (nSPS) is 15.5. The van der Waals surface area contributed by atoms with Gasteiger partial charge in [-0.2, -0.15) is 0 Å². The van der Waals surface area contributed by atoms with E-state index >= 15 is 0 Å². The summed E-state index contributed by atoms with van der Waals surface area (Å²) in [6.45, 7) is 1.30. The van der Waals surface area contributed by atoms with Crippen LogP contribution in [0.3, 0.4) is 0 Å². The summed E-state index contributed by atoms with van der Waals surface area (Å²) in [5.74, 6) is -1.18. The third-order valence-electron chi connectivity index (χ3n) is 1.56. The van der Waals surface area contributed by atoms with Crippen LogP contribution in [-0.4, -0.2) is 21.8 Å². The molecule has 66 valence electrons. The predicted molar refractivity (Wildman–Crippen MR) is 46.3 cm³/mol. The summed E-state index contributed by atoms with van der Waals surface area (Å²) in [4.78, 5) is 11.4. The van der Waals surface area contributed by atoms with Crippen molar-refractivity contribution in [1.82, 2.24) is 0 Å². The molecule has 1 atom stereocenters. The number of thiophene rings is 1. The fourth-order valence-corrected chi connectivity index (χ4v) is 1.68. The second kappa shape index (κ2) is 3.25. The second-order valence-corrected chi connectivity index (χ2v) is 3.87. The Morgan fingerprint density at radius 2 is 2.42 bits per heavy atom. The summed E-state index contributed by atoms with van der Waals surface area (Å²) in [7, 11) is 0. The molecule has 0 spiro atoms. The summed E-state index contributed by atoms with van der Waals surface area (Å²) in [5, 5.41) is 19.8. The average molecular weight is 186 g/mol. The molecule has 0 aliphatic heterocycles. The number of hydrogen-bond donors (Lipinski definition) is 2. The van der Waals surface area contributed by atoms with Crippen molar-refractivity contribution >= 4 is 17.3 Å². The van der Waals surface area contributed by atoms with Crippen LogP contribution in [0, 0.1) is 0 Å². The van der Waals surface area contributed by atoms with Crippen LogP contribution in [0.4, 0.5) is 0 Å². The fourth-order valence-electron chi connectivity index (χ4n) is 0.828. The van der Waals surface area contributed by atoms with E-state index in [9.17, 15) is 9.90 Å². The molecule has 1 aromatic heterocycles. The van der Waals surface area contributed by atoms with E-state index < -0.39 is 11.6 Å². The van der Waals surface area contributed by atoms with Gasteiger partial charge in [-0.15, -0.1) is 11.3 Å². The average Bonchev–Trinajstić information content (AvgIpc) is 2.38. The summed E-state index contributed by atoms with van der Waals surface area (Å²) in [6, 6.07) is 3.64. The van der Waals surface area contributed by atoms with E-state index in [0.717, 1.165) is 4.88 Å². The SMILES string of the molecule is CC(O)(Cc1cccs1)C(=O)O. The number of hydrogen-bond acceptors (Lipinski definition) is 3. The molecule has 1 rings (SSSR count). The van der Waals surface area contributed by atoms with Crippen molar-refractivity contribution in [3.63, 3.8) is 0 Å². The van der Waals surface area contributed by atoms with E-state index in [1.807, 2.05) is 17.5 Å². The molecule has 0 amide bonds. The number of aliphatic carboxylic acids is 1. The first-order chi connectivity index (χ1) is 5.52. The highest BCUT2D eigenvalue weighted by molar-refractivity contribution is 7.09. The topological polar surface area (TPSA) is 57.5 Å². The molecule has 0 fully saturated rings. The summed E-state index contributed by atoms with van der Waals surface area (Å²) >= 11 is 1.44. The molecule has 0 saturated heterocycles. The Labute approximate surface area is 74.3 Å². The molecular weight excluding hydrogens is 176 g/mol. The monoisotopic (exact) mass is 186 g/mol. The van der Waals surface area contributed by atoms with Crippen molar-refractivity contribution in [2.75, 3.05) is 0 Å². The minimum absolute atomic E-state index is 0.167. The van der Waals surface area contributed by atoms with Gasteiger partial charge in [0, 0.05) is 11.3 Å². The van der Waals surface area contributed by atoms with Crippen molar-refractivity contribution in [1.29, 1.82) is 0 Å². The fraction of sp³-hybridized carbons (Fsp3) is 0.375. The van der Waals surface area contributed by atoms with Crippen molar-refractivity contribution in [3.05, 3.63) is 22.4 Å². The lowest BCUT2D eigenvalue weighted by atomic mass is 10.0. The number of rotatable bonds is 3. The Hall–Kier alpha value is -0.870. The van der Waals surface area contributed by atoms with Gasteiger partial charge < -0.3 is 10.2 Å². The van der Waals surface area contributed by atoms with E-state index in [1.54, 1.807) is 0 Å². The molecule has 0 bridgehead atoms. The summed E-state index contributed by atoms with van der Waals surface area (Å²) in [6.07, 6.45) is 0.167. The number of aliphatic hydroxyl groups is 1. The van der Waals surface area contributed by atoms with Crippen LogP contribution in [0.5, 0.6) is 0 Å². The lowest BCUT2D eigenvalue weighted by Crippen LogP contribution is -2.36. The third kappa shape index (κ3) is 2.06. The van der Waals surface area contributed by atoms with Gasteiger partial charge in [0.15, 0.2) is 5.60 Å². The molecule has 0 radical (unpaired) electrons. The quantitative estimate of drug-likeness (QED) is 0.743. The molecule has 1 heterocycles. The molecular formula is C8H10O3S. The number of carbonyl (C=O) groups is 1.